The van der Waals surface area contributed by atoms with Gasteiger partial charge in [-0.05, 0) is 25.7 Å². The van der Waals surface area contributed by atoms with Gasteiger partial charge in [-0.3, -0.25) is 0 Å². The Morgan fingerprint density at radius 3 is 2.09 bits per heavy atom. The molecule has 0 spiro atoms. The van der Waals surface area contributed by atoms with Gasteiger partial charge in [0.15, 0.2) is 25.9 Å². The topological polar surface area (TPSA) is 51.5 Å². The molecule has 0 heterocycles. The Morgan fingerprint density at radius 1 is 1.14 bits per heavy atom. The van der Waals surface area contributed by atoms with E-state index in [1.807, 2.05) is 0 Å². The molecule has 0 unspecified atom stereocenters. The van der Waals surface area contributed by atoms with Gasteiger partial charge in [-0.2, -0.15) is 18.4 Å². The third-order valence-electron chi connectivity index (χ3n) is 2.73. The second-order valence-corrected chi connectivity index (χ2v) is 9.96. The zero-order valence-corrected chi connectivity index (χ0v) is 14.0. The van der Waals surface area contributed by atoms with Crippen LogP contribution in [0.5, 0.6) is 11.5 Å². The molecule has 0 saturated heterocycles. The van der Waals surface area contributed by atoms with Crippen LogP contribution in [0.2, 0.25) is 19.6 Å². The summed E-state index contributed by atoms with van der Waals surface area (Å²) >= 11 is 0. The summed E-state index contributed by atoms with van der Waals surface area (Å²) in [5, 5.41) is 9.23. The molecule has 1 rings (SSSR count). The van der Waals surface area contributed by atoms with E-state index in [0.717, 1.165) is 7.11 Å². The molecule has 0 saturated carbocycles. The molecule has 4 nitrogen and oxygen atoms in total. The van der Waals surface area contributed by atoms with Crippen LogP contribution in [-0.4, -0.2) is 22.5 Å². The summed E-state index contributed by atoms with van der Waals surface area (Å²) in [7, 11) is 0.153. The van der Waals surface area contributed by atoms with Crippen LogP contribution < -0.4 is 9.47 Å². The molecular formula is C14H18F3NO3Si. The summed E-state index contributed by atoms with van der Waals surface area (Å²) in [6, 6.07) is 4.32. The summed E-state index contributed by atoms with van der Waals surface area (Å²) < 4.78 is 55.7. The van der Waals surface area contributed by atoms with Crippen molar-refractivity contribution in [2.45, 2.75) is 31.9 Å². The molecule has 0 fully saturated rings. The summed E-state index contributed by atoms with van der Waals surface area (Å²) in [5.74, 6) is -0.504. The van der Waals surface area contributed by atoms with Crippen molar-refractivity contribution in [3.63, 3.8) is 0 Å². The highest BCUT2D eigenvalue weighted by molar-refractivity contribution is 6.69. The lowest BCUT2D eigenvalue weighted by molar-refractivity contribution is -0.140. The Hall–Kier alpha value is -1.72. The highest BCUT2D eigenvalue weighted by Crippen LogP contribution is 2.46. The third-order valence-corrected chi connectivity index (χ3v) is 3.68. The molecule has 0 aliphatic heterocycles. The predicted octanol–water partition coefficient (Wildman–Crippen LogP) is 4.14. The molecule has 0 bridgehead atoms. The summed E-state index contributed by atoms with van der Waals surface area (Å²) in [6.45, 7) is 5.39. The number of hydrogen-bond acceptors (Lipinski definition) is 4. The van der Waals surface area contributed by atoms with Crippen molar-refractivity contribution in [2.24, 2.45) is 0 Å². The van der Waals surface area contributed by atoms with E-state index < -0.39 is 31.9 Å². The molecular weight excluding hydrogens is 315 g/mol. The van der Waals surface area contributed by atoms with Crippen LogP contribution in [0.3, 0.4) is 0 Å². The quantitative estimate of drug-likeness (QED) is 0.760. The van der Waals surface area contributed by atoms with Gasteiger partial charge in [0.1, 0.15) is 5.56 Å². The average Bonchev–Trinajstić information content (AvgIpc) is 2.41. The zero-order valence-electron chi connectivity index (χ0n) is 13.0. The van der Waals surface area contributed by atoms with Crippen LogP contribution in [0, 0.1) is 11.3 Å². The molecule has 0 aromatic heterocycles. The van der Waals surface area contributed by atoms with Crippen LogP contribution in [-0.2, 0) is 10.6 Å². The number of nitriles is 1. The highest BCUT2D eigenvalue weighted by Gasteiger charge is 2.41. The number of halogens is 3. The number of methoxy groups -OCH3 is 2. The van der Waals surface area contributed by atoms with E-state index >= 15 is 0 Å². The van der Waals surface area contributed by atoms with Gasteiger partial charge in [0.25, 0.3) is 0 Å². The normalized spacial score (nSPS) is 13.4. The van der Waals surface area contributed by atoms with Crippen molar-refractivity contribution in [2.75, 3.05) is 14.2 Å². The number of rotatable bonds is 5. The SMILES string of the molecule is COc1ccc([C@@H](C#N)O[Si](C)(C)C)c(C(F)(F)F)c1OC. The Morgan fingerprint density at radius 2 is 1.73 bits per heavy atom. The average molecular weight is 333 g/mol. The maximum Gasteiger partial charge on any atom is 0.420 e. The molecule has 0 aliphatic carbocycles. The number of alkyl halides is 3. The monoisotopic (exact) mass is 333 g/mol. The van der Waals surface area contributed by atoms with E-state index in [-0.39, 0.29) is 11.3 Å². The highest BCUT2D eigenvalue weighted by atomic mass is 28.4. The fourth-order valence-corrected chi connectivity index (χ4v) is 2.85. The Labute approximate surface area is 128 Å². The summed E-state index contributed by atoms with van der Waals surface area (Å²) in [4.78, 5) is 0. The molecule has 0 amide bonds. The van der Waals surface area contributed by atoms with Crippen molar-refractivity contribution in [1.82, 2.24) is 0 Å². The lowest BCUT2D eigenvalue weighted by Gasteiger charge is -2.25. The van der Waals surface area contributed by atoms with Gasteiger partial charge in [-0.25, -0.2) is 0 Å². The van der Waals surface area contributed by atoms with Crippen molar-refractivity contribution >= 4 is 8.32 Å². The first kappa shape index (κ1) is 18.3. The molecule has 0 aliphatic rings. The van der Waals surface area contributed by atoms with Crippen LogP contribution in [0.1, 0.15) is 17.2 Å². The zero-order chi connectivity index (χ0) is 17.1. The standard InChI is InChI=1S/C14H18F3NO3Si/c1-19-10-7-6-9(11(8-18)21-22(3,4)5)12(13(10)20-2)14(15,16)17/h6-7,11H,1-5H3/t11-/m1/s1. The van der Waals surface area contributed by atoms with Gasteiger partial charge in [0.05, 0.1) is 20.3 Å². The number of ether oxygens (including phenoxy) is 2. The van der Waals surface area contributed by atoms with Crippen molar-refractivity contribution in [3.8, 4) is 17.6 Å². The van der Waals surface area contributed by atoms with E-state index in [0.29, 0.717) is 0 Å². The van der Waals surface area contributed by atoms with E-state index in [9.17, 15) is 18.4 Å². The molecule has 8 heteroatoms. The van der Waals surface area contributed by atoms with E-state index in [1.165, 1.54) is 19.2 Å². The fourth-order valence-electron chi connectivity index (χ4n) is 1.97. The van der Waals surface area contributed by atoms with Crippen molar-refractivity contribution < 1.29 is 27.1 Å². The summed E-state index contributed by atoms with van der Waals surface area (Å²) in [5.41, 5.74) is -1.31. The molecule has 1 atom stereocenters. The molecule has 0 N–H and O–H groups in total. The van der Waals surface area contributed by atoms with Crippen molar-refractivity contribution in [1.29, 1.82) is 5.26 Å². The van der Waals surface area contributed by atoms with E-state index in [4.69, 9.17) is 13.9 Å². The number of hydrogen-bond donors (Lipinski definition) is 0. The molecule has 1 aromatic rings. The first-order chi connectivity index (χ1) is 10.0. The van der Waals surface area contributed by atoms with Crippen LogP contribution in [0.4, 0.5) is 13.2 Å². The van der Waals surface area contributed by atoms with E-state index in [2.05, 4.69) is 0 Å². The van der Waals surface area contributed by atoms with Gasteiger partial charge < -0.3 is 13.9 Å². The minimum Gasteiger partial charge on any atom is -0.493 e. The third kappa shape index (κ3) is 4.15. The first-order valence-corrected chi connectivity index (χ1v) is 9.85. The fraction of sp³-hybridized carbons (Fsp3) is 0.500. The molecule has 0 radical (unpaired) electrons. The lowest BCUT2D eigenvalue weighted by Crippen LogP contribution is -2.28. The lowest BCUT2D eigenvalue weighted by atomic mass is 10.0. The van der Waals surface area contributed by atoms with Gasteiger partial charge in [-0.1, -0.05) is 6.07 Å². The largest absolute Gasteiger partial charge is 0.493 e. The minimum absolute atomic E-state index is 0.0525. The Balaban J connectivity index is 3.57. The van der Waals surface area contributed by atoms with Gasteiger partial charge >= 0.3 is 6.18 Å². The number of nitrogens with zero attached hydrogens (tertiary/aromatic N) is 1. The summed E-state index contributed by atoms with van der Waals surface area (Å²) in [6.07, 6.45) is -6.02. The first-order valence-electron chi connectivity index (χ1n) is 6.44. The Bertz CT molecular complexity index is 576. The van der Waals surface area contributed by atoms with Gasteiger partial charge in [-0.15, -0.1) is 0 Å². The number of benzene rings is 1. The van der Waals surface area contributed by atoms with Gasteiger partial charge in [0.2, 0.25) is 0 Å². The van der Waals surface area contributed by atoms with Crippen molar-refractivity contribution in [3.05, 3.63) is 23.3 Å². The van der Waals surface area contributed by atoms with Crippen LogP contribution >= 0.6 is 0 Å². The minimum atomic E-state index is -4.70. The second-order valence-electron chi connectivity index (χ2n) is 5.50. The second kappa shape index (κ2) is 6.58. The molecule has 122 valence electrons. The molecule has 1 aromatic carbocycles. The molecule has 22 heavy (non-hydrogen) atoms. The van der Waals surface area contributed by atoms with Crippen LogP contribution in [0.25, 0.3) is 0 Å². The van der Waals surface area contributed by atoms with Gasteiger partial charge in [0, 0.05) is 5.56 Å². The van der Waals surface area contributed by atoms with Crippen LogP contribution in [0.15, 0.2) is 12.1 Å². The van der Waals surface area contributed by atoms with E-state index in [1.54, 1.807) is 25.7 Å². The smallest absolute Gasteiger partial charge is 0.420 e. The maximum absolute atomic E-state index is 13.5. The predicted molar refractivity (Wildman–Crippen MR) is 77.3 cm³/mol. The maximum atomic E-state index is 13.5. The Kier molecular flexibility index (Phi) is 5.48.